The second-order valence-electron chi connectivity index (χ2n) is 24.3. The largest absolute Gasteiger partial charge is 0.508 e. The molecule has 6 N–H and O–H groups in total. The van der Waals surface area contributed by atoms with Crippen molar-refractivity contribution in [2.75, 3.05) is 40.5 Å². The number of hydrogen-bond donors (Lipinski definition) is 6. The Balaban J connectivity index is 0.741. The third kappa shape index (κ3) is 16.8. The number of amides is 3. The summed E-state index contributed by atoms with van der Waals surface area (Å²) in [5, 5.41) is 48.2. The molecule has 16 nitrogen and oxygen atoms in total. The summed E-state index contributed by atoms with van der Waals surface area (Å²) in [6.45, 7) is 13.9. The lowest BCUT2D eigenvalue weighted by molar-refractivity contribution is -0.129. The lowest BCUT2D eigenvalue weighted by Crippen LogP contribution is -2.51. The first-order valence-corrected chi connectivity index (χ1v) is 30.0. The number of ether oxygens (including phenoxy) is 3. The van der Waals surface area contributed by atoms with Crippen molar-refractivity contribution in [3.8, 4) is 23.0 Å². The molecule has 0 radical (unpaired) electrons. The van der Waals surface area contributed by atoms with Crippen LogP contribution in [0, 0.1) is 46.3 Å². The summed E-state index contributed by atoms with van der Waals surface area (Å²) < 4.78 is 18.3. The van der Waals surface area contributed by atoms with Crippen molar-refractivity contribution in [3.63, 3.8) is 0 Å². The Labute approximate surface area is 480 Å². The summed E-state index contributed by atoms with van der Waals surface area (Å²) >= 11 is 0. The van der Waals surface area contributed by atoms with Crippen LogP contribution in [-0.2, 0) is 36.9 Å². The number of carbonyl (C=O) groups is 4. The van der Waals surface area contributed by atoms with Gasteiger partial charge in [0.2, 0.25) is 17.7 Å². The van der Waals surface area contributed by atoms with Crippen LogP contribution in [0.3, 0.4) is 0 Å². The highest BCUT2D eigenvalue weighted by Crippen LogP contribution is 2.67. The second-order valence-corrected chi connectivity index (χ2v) is 24.3. The van der Waals surface area contributed by atoms with Gasteiger partial charge >= 0.3 is 0 Å². The fraction of sp³-hybridized carbons (Fsp3) is 0.600. The molecule has 81 heavy (non-hydrogen) atoms. The van der Waals surface area contributed by atoms with Crippen molar-refractivity contribution in [1.82, 2.24) is 30.9 Å². The van der Waals surface area contributed by atoms with Gasteiger partial charge in [-0.25, -0.2) is 0 Å². The Morgan fingerprint density at radius 1 is 0.765 bits per heavy atom. The number of phenols is 2. The van der Waals surface area contributed by atoms with Crippen LogP contribution in [0.25, 0.3) is 12.2 Å². The topological polar surface area (TPSA) is 223 Å². The quantitative estimate of drug-likeness (QED) is 0.0121. The molecular weight excluding hydrogens is 1020 g/mol. The molecule has 2 aromatic carbocycles. The molecule has 7 rings (SSSR count). The number of allylic oxidation sites excluding steroid dienone is 4. The highest BCUT2D eigenvalue weighted by atomic mass is 16.5. The molecular formula is C65H92N6O10. The third-order valence-corrected chi connectivity index (χ3v) is 18.5. The lowest BCUT2D eigenvalue weighted by atomic mass is 9.47. The molecule has 16 heteroatoms. The number of rotatable bonds is 30. The minimum absolute atomic E-state index is 0.00672. The number of aliphatic hydroxyl groups is 1. The molecule has 3 saturated carbocycles. The molecule has 1 aromatic heterocycles. The van der Waals surface area contributed by atoms with Gasteiger partial charge in [0.1, 0.15) is 12.4 Å². The van der Waals surface area contributed by atoms with E-state index < -0.39 is 5.78 Å². The molecule has 3 amide bonds. The van der Waals surface area contributed by atoms with Crippen molar-refractivity contribution >= 4 is 35.7 Å². The van der Waals surface area contributed by atoms with E-state index in [1.54, 1.807) is 52.9 Å². The fourth-order valence-electron chi connectivity index (χ4n) is 14.0. The van der Waals surface area contributed by atoms with Crippen molar-refractivity contribution in [3.05, 3.63) is 94.5 Å². The van der Waals surface area contributed by atoms with Gasteiger partial charge in [0.15, 0.2) is 28.8 Å². The normalized spacial score (nSPS) is 24.0. The first kappa shape index (κ1) is 62.2. The van der Waals surface area contributed by atoms with Crippen LogP contribution in [0.5, 0.6) is 23.0 Å². The van der Waals surface area contributed by atoms with Crippen LogP contribution in [0.2, 0.25) is 0 Å². The van der Waals surface area contributed by atoms with Gasteiger partial charge in [-0.2, -0.15) is 0 Å². The van der Waals surface area contributed by atoms with Gasteiger partial charge in [-0.1, -0.05) is 108 Å². The minimum Gasteiger partial charge on any atom is -0.508 e. The van der Waals surface area contributed by atoms with Gasteiger partial charge in [-0.15, -0.1) is 5.10 Å². The van der Waals surface area contributed by atoms with E-state index in [1.807, 2.05) is 0 Å². The molecule has 4 aliphatic rings. The Hall–Kier alpha value is -6.42. The second kappa shape index (κ2) is 29.5. The molecule has 8 atom stereocenters. The van der Waals surface area contributed by atoms with E-state index in [9.17, 15) is 34.5 Å². The van der Waals surface area contributed by atoms with Crippen LogP contribution in [0.15, 0.2) is 77.7 Å². The lowest BCUT2D eigenvalue weighted by Gasteiger charge is -2.58. The summed E-state index contributed by atoms with van der Waals surface area (Å²) in [6, 6.07) is 9.39. The molecule has 0 unspecified atom stereocenters. The Morgan fingerprint density at radius 3 is 2.10 bits per heavy atom. The van der Waals surface area contributed by atoms with Crippen LogP contribution < -0.4 is 25.4 Å². The molecule has 442 valence electrons. The summed E-state index contributed by atoms with van der Waals surface area (Å²) in [5.74, 6) is 3.95. The molecule has 1 heterocycles. The van der Waals surface area contributed by atoms with Crippen molar-refractivity contribution in [1.29, 1.82) is 0 Å². The summed E-state index contributed by atoms with van der Waals surface area (Å²) in [5.41, 5.74) is 4.04. The Kier molecular flexibility index (Phi) is 22.7. The van der Waals surface area contributed by atoms with Gasteiger partial charge in [0.05, 0.1) is 26.0 Å². The van der Waals surface area contributed by atoms with Crippen LogP contribution in [0.1, 0.15) is 161 Å². The third-order valence-electron chi connectivity index (χ3n) is 18.5. The average Bonchev–Trinajstić information content (AvgIpc) is 4.28. The van der Waals surface area contributed by atoms with E-state index >= 15 is 0 Å². The highest BCUT2D eigenvalue weighted by molar-refractivity contribution is 6.07. The van der Waals surface area contributed by atoms with Gasteiger partial charge in [0.25, 0.3) is 0 Å². The number of unbranched alkanes of at least 4 members (excludes halogenated alkanes) is 3. The molecule has 0 aliphatic heterocycles. The summed E-state index contributed by atoms with van der Waals surface area (Å²) in [4.78, 5) is 51.4. The van der Waals surface area contributed by atoms with Gasteiger partial charge in [0, 0.05) is 57.2 Å². The fourth-order valence-corrected chi connectivity index (χ4v) is 14.0. The molecule has 0 saturated heterocycles. The standard InChI is InChI=1S/C65H92N6O10/c1-43(2)13-12-14-44(3)52-21-22-53-50-20-19-47-39-49(27-31-64(47,4)54(50)28-32-65(52,53)5)81-42-63(78)68-35-30-62(77)67-34-29-61(76)66-33-10-8-9-11-36-71-41-48(69-70-71)40-51(55(72)23-15-45-17-25-57(74)59(37-45)79-6)56(73)24-16-46-18-26-58(75)60(38-46)80-7/h15-19,23-26,37-38,41,43-44,49-50,52-54,72,74-75H,8-14,20-22,27-36,39-40,42H2,1-7H3,(H,66,76)(H,67,77)(H,68,78)/b23-15+,24-16+,55-51-/t44-,49+,50+,52-,53+,54+,64+,65-/m1/s1. The number of ketones is 1. The molecule has 3 aromatic rings. The van der Waals surface area contributed by atoms with Crippen LogP contribution in [0.4, 0.5) is 0 Å². The molecule has 3 fully saturated rings. The number of nitrogens with one attached hydrogen (secondary N) is 3. The predicted molar refractivity (Wildman–Crippen MR) is 315 cm³/mol. The van der Waals surface area contributed by atoms with Gasteiger partial charge in [-0.05, 0) is 158 Å². The zero-order chi connectivity index (χ0) is 58.1. The Bertz CT molecular complexity index is 2750. The van der Waals surface area contributed by atoms with E-state index in [2.05, 4.69) is 67.0 Å². The number of hydrogen-bond acceptors (Lipinski definition) is 12. The van der Waals surface area contributed by atoms with Crippen molar-refractivity contribution < 1.29 is 48.7 Å². The van der Waals surface area contributed by atoms with E-state index in [0.29, 0.717) is 35.3 Å². The van der Waals surface area contributed by atoms with E-state index in [1.165, 1.54) is 89.9 Å². The minimum atomic E-state index is -0.464. The van der Waals surface area contributed by atoms with Crippen LogP contribution in [-0.4, -0.2) is 100 Å². The molecule has 4 aliphatic carbocycles. The van der Waals surface area contributed by atoms with Gasteiger partial charge in [-0.3, -0.25) is 23.9 Å². The first-order valence-electron chi connectivity index (χ1n) is 30.0. The summed E-state index contributed by atoms with van der Waals surface area (Å²) in [6.07, 6.45) is 27.6. The smallest absolute Gasteiger partial charge is 0.246 e. The summed E-state index contributed by atoms with van der Waals surface area (Å²) in [7, 11) is 2.87. The molecule has 0 bridgehead atoms. The maximum Gasteiger partial charge on any atom is 0.246 e. The maximum atomic E-state index is 13.6. The zero-order valence-electron chi connectivity index (χ0n) is 49.3. The number of aromatic hydroxyl groups is 2. The first-order chi connectivity index (χ1) is 38.9. The molecule has 0 spiro atoms. The van der Waals surface area contributed by atoms with E-state index in [4.69, 9.17) is 14.2 Å². The van der Waals surface area contributed by atoms with Crippen molar-refractivity contribution in [2.45, 2.75) is 163 Å². The van der Waals surface area contributed by atoms with Gasteiger partial charge < -0.3 is 45.5 Å². The maximum absolute atomic E-state index is 13.6. The zero-order valence-corrected chi connectivity index (χ0v) is 49.3. The number of aliphatic hydroxyl groups excluding tert-OH is 1. The van der Waals surface area contributed by atoms with E-state index in [-0.39, 0.29) is 103 Å². The average molecular weight is 1120 g/mol. The van der Waals surface area contributed by atoms with Crippen LogP contribution >= 0.6 is 0 Å². The predicted octanol–water partition coefficient (Wildman–Crippen LogP) is 11.2. The Morgan fingerprint density at radius 2 is 1.42 bits per heavy atom. The highest BCUT2D eigenvalue weighted by Gasteiger charge is 2.59. The number of methoxy groups -OCH3 is 2. The monoisotopic (exact) mass is 1120 g/mol. The number of aryl methyl sites for hydroxylation is 1. The number of phenolic OH excluding ortho intramolecular Hbond substituents is 2. The number of benzene rings is 2. The van der Waals surface area contributed by atoms with Crippen molar-refractivity contribution in [2.24, 2.45) is 46.3 Å². The number of carbonyl (C=O) groups excluding carboxylic acids is 4. The number of nitrogens with zero attached hydrogens (tertiary/aromatic N) is 3. The van der Waals surface area contributed by atoms with E-state index in [0.717, 1.165) is 80.5 Å². The number of aromatic nitrogens is 3. The SMILES string of the molecule is COc1cc(/C=C/C(=O)/C(Cc2cn(CCCCCCNC(=O)CCNC(=O)CCNC(=O)CO[C@H]3CC[C@@]4(C)C(=CC[C@H]5[C@@H]6CC[C@H]([C@H](C)CCCC(C)C)[C@@]6(C)CC[C@@H]54)C3)nn2)=C(O)/C=C/c2ccc(O)c(OC)c2)ccc1O. The number of fused-ring (bicyclic) bond motifs is 5.